The van der Waals surface area contributed by atoms with Gasteiger partial charge in [0.1, 0.15) is 11.5 Å². The standard InChI is InChI=1S/C18H16N6O2S/c1-12-19-16(27-22-12)14-7-8-15(21-20-14)23-9-18(10-23)11-24(17(25)26-18)13-5-3-2-4-6-13/h2-8H,9-11H2,1H3. The minimum absolute atomic E-state index is 0.297. The summed E-state index contributed by atoms with van der Waals surface area (Å²) in [5, 5.41) is 9.31. The van der Waals surface area contributed by atoms with Crippen LogP contribution in [0.3, 0.4) is 0 Å². The predicted molar refractivity (Wildman–Crippen MR) is 101 cm³/mol. The second-order valence-electron chi connectivity index (χ2n) is 6.75. The number of aromatic nitrogens is 4. The average molecular weight is 380 g/mol. The highest BCUT2D eigenvalue weighted by Crippen LogP contribution is 2.36. The van der Waals surface area contributed by atoms with Crippen molar-refractivity contribution in [1.29, 1.82) is 0 Å². The van der Waals surface area contributed by atoms with Crippen molar-refractivity contribution in [3.63, 3.8) is 0 Å². The summed E-state index contributed by atoms with van der Waals surface area (Å²) in [6.07, 6.45) is -0.297. The highest BCUT2D eigenvalue weighted by atomic mass is 32.1. The molecule has 2 aliphatic rings. The van der Waals surface area contributed by atoms with Gasteiger partial charge in [-0.1, -0.05) is 18.2 Å². The molecule has 0 bridgehead atoms. The molecule has 2 aromatic heterocycles. The number of rotatable bonds is 3. The van der Waals surface area contributed by atoms with Crippen LogP contribution in [0.4, 0.5) is 16.3 Å². The van der Waals surface area contributed by atoms with E-state index in [0.717, 1.165) is 22.3 Å². The van der Waals surface area contributed by atoms with Crippen LogP contribution >= 0.6 is 11.5 Å². The first-order valence-corrected chi connectivity index (χ1v) is 9.34. The van der Waals surface area contributed by atoms with Gasteiger partial charge in [0.25, 0.3) is 0 Å². The van der Waals surface area contributed by atoms with E-state index in [0.29, 0.717) is 25.3 Å². The topological polar surface area (TPSA) is 84.3 Å². The summed E-state index contributed by atoms with van der Waals surface area (Å²) in [5.74, 6) is 1.50. The summed E-state index contributed by atoms with van der Waals surface area (Å²) in [5.41, 5.74) is 1.08. The lowest BCUT2D eigenvalue weighted by Gasteiger charge is -2.45. The molecular weight excluding hydrogens is 364 g/mol. The van der Waals surface area contributed by atoms with Crippen molar-refractivity contribution in [2.75, 3.05) is 29.4 Å². The molecule has 1 spiro atoms. The Morgan fingerprint density at radius 3 is 2.56 bits per heavy atom. The molecule has 0 atom stereocenters. The van der Waals surface area contributed by atoms with Gasteiger partial charge in [-0.15, -0.1) is 10.2 Å². The summed E-state index contributed by atoms with van der Waals surface area (Å²) in [6, 6.07) is 13.4. The minimum atomic E-state index is -0.483. The molecule has 0 unspecified atom stereocenters. The molecular formula is C18H16N6O2S. The first-order chi connectivity index (χ1) is 13.1. The van der Waals surface area contributed by atoms with E-state index < -0.39 is 5.60 Å². The number of ether oxygens (including phenoxy) is 1. The first kappa shape index (κ1) is 16.1. The number of hydrogen-bond donors (Lipinski definition) is 0. The van der Waals surface area contributed by atoms with Crippen molar-refractivity contribution in [3.05, 3.63) is 48.3 Å². The maximum atomic E-state index is 12.3. The molecule has 0 N–H and O–H groups in total. The number of aryl methyl sites for hydroxylation is 1. The molecule has 1 aromatic carbocycles. The lowest BCUT2D eigenvalue weighted by molar-refractivity contribution is 0.0327. The molecule has 4 heterocycles. The molecule has 136 valence electrons. The largest absolute Gasteiger partial charge is 0.437 e. The Morgan fingerprint density at radius 2 is 1.89 bits per heavy atom. The van der Waals surface area contributed by atoms with Crippen LogP contribution in [0, 0.1) is 6.92 Å². The van der Waals surface area contributed by atoms with E-state index in [1.807, 2.05) is 49.4 Å². The normalized spacial score (nSPS) is 17.9. The fourth-order valence-electron chi connectivity index (χ4n) is 3.41. The van der Waals surface area contributed by atoms with Gasteiger partial charge in [-0.3, -0.25) is 4.90 Å². The zero-order chi connectivity index (χ0) is 18.4. The van der Waals surface area contributed by atoms with E-state index in [1.165, 1.54) is 11.5 Å². The molecule has 1 amide bonds. The quantitative estimate of drug-likeness (QED) is 0.690. The minimum Gasteiger partial charge on any atom is -0.437 e. The lowest BCUT2D eigenvalue weighted by atomic mass is 9.94. The average Bonchev–Trinajstić information content (AvgIpc) is 3.25. The number of para-hydroxylation sites is 1. The molecule has 0 saturated carbocycles. The number of amides is 1. The van der Waals surface area contributed by atoms with Gasteiger partial charge in [0.05, 0.1) is 19.6 Å². The first-order valence-electron chi connectivity index (χ1n) is 8.57. The third-order valence-corrected chi connectivity index (χ3v) is 5.55. The van der Waals surface area contributed by atoms with Gasteiger partial charge in [0, 0.05) is 5.69 Å². The van der Waals surface area contributed by atoms with Crippen molar-refractivity contribution < 1.29 is 9.53 Å². The van der Waals surface area contributed by atoms with E-state index in [9.17, 15) is 4.79 Å². The van der Waals surface area contributed by atoms with Gasteiger partial charge >= 0.3 is 6.09 Å². The summed E-state index contributed by atoms with van der Waals surface area (Å²) < 4.78 is 9.84. The number of anilines is 2. The molecule has 27 heavy (non-hydrogen) atoms. The molecule has 2 saturated heterocycles. The molecule has 0 radical (unpaired) electrons. The van der Waals surface area contributed by atoms with Crippen molar-refractivity contribution in [1.82, 2.24) is 19.6 Å². The van der Waals surface area contributed by atoms with Gasteiger partial charge < -0.3 is 9.64 Å². The smallest absolute Gasteiger partial charge is 0.415 e. The van der Waals surface area contributed by atoms with Gasteiger partial charge in [0.15, 0.2) is 16.4 Å². The third kappa shape index (κ3) is 2.80. The van der Waals surface area contributed by atoms with Crippen molar-refractivity contribution in [2.24, 2.45) is 0 Å². The maximum absolute atomic E-state index is 12.3. The van der Waals surface area contributed by atoms with Crippen LogP contribution in [0.15, 0.2) is 42.5 Å². The molecule has 2 aliphatic heterocycles. The lowest BCUT2D eigenvalue weighted by Crippen LogP contribution is -2.64. The monoisotopic (exact) mass is 380 g/mol. The highest BCUT2D eigenvalue weighted by Gasteiger charge is 2.54. The Balaban J connectivity index is 1.27. The molecule has 9 heteroatoms. The number of carbonyl (C=O) groups excluding carboxylic acids is 1. The Labute approximate surface area is 159 Å². The zero-order valence-electron chi connectivity index (χ0n) is 14.6. The van der Waals surface area contributed by atoms with Crippen molar-refractivity contribution >= 4 is 29.1 Å². The number of carbonyl (C=O) groups is 1. The van der Waals surface area contributed by atoms with Crippen molar-refractivity contribution in [2.45, 2.75) is 12.5 Å². The fraction of sp³-hybridized carbons (Fsp3) is 0.278. The van der Waals surface area contributed by atoms with Crippen LogP contribution in [0.1, 0.15) is 5.82 Å². The summed E-state index contributed by atoms with van der Waals surface area (Å²) in [6.45, 7) is 3.60. The van der Waals surface area contributed by atoms with E-state index in [1.54, 1.807) is 4.90 Å². The van der Waals surface area contributed by atoms with E-state index in [4.69, 9.17) is 4.74 Å². The highest BCUT2D eigenvalue weighted by molar-refractivity contribution is 7.09. The van der Waals surface area contributed by atoms with E-state index >= 15 is 0 Å². The summed E-state index contributed by atoms with van der Waals surface area (Å²) in [7, 11) is 0. The fourth-order valence-corrected chi connectivity index (χ4v) is 4.05. The molecule has 0 aliphatic carbocycles. The molecule has 3 aromatic rings. The third-order valence-electron chi connectivity index (χ3n) is 4.72. The SMILES string of the molecule is Cc1nsc(-c2ccc(N3CC4(C3)CN(c3ccccc3)C(=O)O4)nn2)n1. The molecule has 8 nitrogen and oxygen atoms in total. The number of nitrogens with zero attached hydrogens (tertiary/aromatic N) is 6. The van der Waals surface area contributed by atoms with Gasteiger partial charge in [0.2, 0.25) is 0 Å². The summed E-state index contributed by atoms with van der Waals surface area (Å²) in [4.78, 5) is 20.3. The molecule has 2 fully saturated rings. The van der Waals surface area contributed by atoms with Gasteiger partial charge in [-0.05, 0) is 42.7 Å². The predicted octanol–water partition coefficient (Wildman–Crippen LogP) is 2.52. The Hall–Kier alpha value is -3.07. The van der Waals surface area contributed by atoms with Gasteiger partial charge in [-0.2, -0.15) is 4.37 Å². The number of hydrogen-bond acceptors (Lipinski definition) is 8. The van der Waals surface area contributed by atoms with Crippen LogP contribution < -0.4 is 9.80 Å². The van der Waals surface area contributed by atoms with Crippen LogP contribution in [0.2, 0.25) is 0 Å². The Bertz CT molecular complexity index is 985. The van der Waals surface area contributed by atoms with E-state index in [2.05, 4.69) is 24.5 Å². The van der Waals surface area contributed by atoms with Crippen molar-refractivity contribution in [3.8, 4) is 10.7 Å². The summed E-state index contributed by atoms with van der Waals surface area (Å²) >= 11 is 1.31. The molecule has 5 rings (SSSR count). The second-order valence-corrected chi connectivity index (χ2v) is 7.50. The van der Waals surface area contributed by atoms with E-state index in [-0.39, 0.29) is 6.09 Å². The van der Waals surface area contributed by atoms with Crippen LogP contribution in [-0.2, 0) is 4.74 Å². The maximum Gasteiger partial charge on any atom is 0.415 e. The second kappa shape index (κ2) is 5.98. The number of benzene rings is 1. The van der Waals surface area contributed by atoms with Crippen LogP contribution in [0.25, 0.3) is 10.7 Å². The Morgan fingerprint density at radius 1 is 1.07 bits per heavy atom. The zero-order valence-corrected chi connectivity index (χ0v) is 15.4. The van der Waals surface area contributed by atoms with Crippen LogP contribution in [-0.4, -0.2) is 50.9 Å². The van der Waals surface area contributed by atoms with Crippen LogP contribution in [0.5, 0.6) is 0 Å². The van der Waals surface area contributed by atoms with Gasteiger partial charge in [-0.25, -0.2) is 9.78 Å². The Kier molecular flexibility index (Phi) is 3.57.